The molecule has 71 heavy (non-hydrogen) atoms. The minimum Gasteiger partial charge on any atom is -0.457 e. The number of quaternary nitrogens is 1. The molecule has 0 heterocycles. The highest BCUT2D eigenvalue weighted by Crippen LogP contribution is 2.43. The third-order valence-electron chi connectivity index (χ3n) is 12.1. The average Bonchev–Trinajstić information content (AvgIpc) is 3.33. The van der Waals surface area contributed by atoms with Crippen molar-refractivity contribution in [2.75, 3.05) is 54.1 Å². The molecule has 0 aliphatic rings. The van der Waals surface area contributed by atoms with Gasteiger partial charge >= 0.3 is 13.8 Å². The molecule has 0 radical (unpaired) electrons. The fourth-order valence-electron chi connectivity index (χ4n) is 7.71. The van der Waals surface area contributed by atoms with Gasteiger partial charge in [0.15, 0.2) is 0 Å². The Hall–Kier alpha value is -2.58. The van der Waals surface area contributed by atoms with Crippen LogP contribution in [0.4, 0.5) is 0 Å². The predicted octanol–water partition coefficient (Wildman–Crippen LogP) is 18.5. The number of likely N-dealkylation sites (N-methyl/N-ethyl adjacent to an activating group) is 1. The van der Waals surface area contributed by atoms with Crippen molar-refractivity contribution in [2.45, 2.75) is 238 Å². The van der Waals surface area contributed by atoms with Gasteiger partial charge in [-0.1, -0.05) is 233 Å². The Balaban J connectivity index is 4.17. The molecule has 0 spiro atoms. The first-order valence-electron chi connectivity index (χ1n) is 29.0. The Bertz CT molecular complexity index is 1460. The highest BCUT2D eigenvalue weighted by Gasteiger charge is 2.26. The fraction of sp³-hybridized carbons (Fsp3) is 0.726. The van der Waals surface area contributed by atoms with Gasteiger partial charge in [-0.3, -0.25) is 13.8 Å². The maximum absolute atomic E-state index is 12.8. The zero-order valence-electron chi connectivity index (χ0n) is 46.7. The highest BCUT2D eigenvalue weighted by molar-refractivity contribution is 7.47. The minimum absolute atomic E-state index is 0.0733. The molecule has 0 aliphatic carbocycles. The number of rotatable bonds is 53. The zero-order valence-corrected chi connectivity index (χ0v) is 47.6. The molecule has 0 aromatic heterocycles. The number of allylic oxidation sites excluding steroid dienone is 16. The van der Waals surface area contributed by atoms with Crippen molar-refractivity contribution in [3.63, 3.8) is 0 Å². The second kappa shape index (κ2) is 53.7. The normalized spacial score (nSPS) is 14.2. The van der Waals surface area contributed by atoms with Gasteiger partial charge in [-0.25, -0.2) is 4.57 Å². The molecule has 0 fully saturated rings. The number of unbranched alkanes of at least 4 members (excludes halogenated alkanes) is 23. The molecule has 410 valence electrons. The number of esters is 1. The van der Waals surface area contributed by atoms with E-state index in [1.807, 2.05) is 21.1 Å². The Morgan fingerprint density at radius 3 is 1.24 bits per heavy atom. The van der Waals surface area contributed by atoms with Crippen LogP contribution in [0.3, 0.4) is 0 Å². The van der Waals surface area contributed by atoms with Crippen molar-refractivity contribution in [1.82, 2.24) is 0 Å². The Morgan fingerprint density at radius 2 is 0.817 bits per heavy atom. The van der Waals surface area contributed by atoms with Gasteiger partial charge in [-0.05, 0) is 89.9 Å². The van der Waals surface area contributed by atoms with E-state index in [0.717, 1.165) is 64.2 Å². The number of ether oxygens (including phenoxy) is 2. The van der Waals surface area contributed by atoms with Gasteiger partial charge in [-0.2, -0.15) is 0 Å². The first-order valence-corrected chi connectivity index (χ1v) is 30.5. The van der Waals surface area contributed by atoms with Crippen LogP contribution in [0.15, 0.2) is 97.2 Å². The summed E-state index contributed by atoms with van der Waals surface area (Å²) in [6, 6.07) is 0. The molecule has 1 N–H and O–H groups in total. The van der Waals surface area contributed by atoms with Gasteiger partial charge in [0.05, 0.1) is 34.4 Å². The zero-order chi connectivity index (χ0) is 51.9. The smallest absolute Gasteiger partial charge is 0.457 e. The van der Waals surface area contributed by atoms with Crippen LogP contribution >= 0.6 is 7.82 Å². The maximum Gasteiger partial charge on any atom is 0.472 e. The molecule has 0 saturated heterocycles. The van der Waals surface area contributed by atoms with E-state index in [-0.39, 0.29) is 32.2 Å². The van der Waals surface area contributed by atoms with Crippen LogP contribution in [-0.4, -0.2) is 75.6 Å². The predicted molar refractivity (Wildman–Crippen MR) is 307 cm³/mol. The van der Waals surface area contributed by atoms with E-state index >= 15 is 0 Å². The van der Waals surface area contributed by atoms with E-state index in [4.69, 9.17) is 18.5 Å². The molecule has 0 bridgehead atoms. The number of nitrogens with zero attached hydrogens (tertiary/aromatic N) is 1. The molecule has 0 aliphatic heterocycles. The summed E-state index contributed by atoms with van der Waals surface area (Å²) < 4.78 is 35.2. The number of carbonyl (C=O) groups is 1. The molecule has 2 unspecified atom stereocenters. The van der Waals surface area contributed by atoms with E-state index in [0.29, 0.717) is 24.1 Å². The standard InChI is InChI=1S/C62H110NO7P/c1-6-8-10-12-14-16-18-20-22-24-26-28-30-31-32-34-36-38-40-42-44-46-48-50-52-54-57-67-59-61(60-69-71(65,66)68-58-56-63(3,4)5)70-62(64)55-53-51-49-47-45-43-41-39-37-35-33-29-27-25-23-21-19-17-15-13-11-9-7-2/h9,11,15,17,21,23-24,26-27,29,35,37,41,43,47,49,61H,6-8,10,12-14,16,18-20,22,25,28,30-34,36,38-40,42,44-46,48,50-60H2,1-5H3/p+1/b11-9-,17-15-,23-21-,26-24-,29-27-,37-35-,43-41-,49-47-. The number of hydrogen-bond acceptors (Lipinski definition) is 6. The Morgan fingerprint density at radius 1 is 0.451 bits per heavy atom. The second-order valence-electron chi connectivity index (χ2n) is 20.3. The molecule has 0 rings (SSSR count). The molecule has 0 aromatic rings. The summed E-state index contributed by atoms with van der Waals surface area (Å²) in [5.41, 5.74) is 0. The van der Waals surface area contributed by atoms with Crippen LogP contribution in [0.5, 0.6) is 0 Å². The molecular weight excluding hydrogens is 902 g/mol. The molecule has 2 atom stereocenters. The van der Waals surface area contributed by atoms with Gasteiger partial charge in [0, 0.05) is 13.0 Å². The van der Waals surface area contributed by atoms with Gasteiger partial charge in [0.2, 0.25) is 0 Å². The molecule has 9 heteroatoms. The van der Waals surface area contributed by atoms with Gasteiger partial charge in [-0.15, -0.1) is 0 Å². The Kier molecular flexibility index (Phi) is 51.8. The van der Waals surface area contributed by atoms with Crippen molar-refractivity contribution in [3.8, 4) is 0 Å². The lowest BCUT2D eigenvalue weighted by atomic mass is 10.0. The summed E-state index contributed by atoms with van der Waals surface area (Å²) in [7, 11) is 1.62. The lowest BCUT2D eigenvalue weighted by Gasteiger charge is -2.24. The number of phosphoric acid groups is 1. The highest BCUT2D eigenvalue weighted by atomic mass is 31.2. The lowest BCUT2D eigenvalue weighted by Crippen LogP contribution is -2.37. The van der Waals surface area contributed by atoms with Crippen molar-refractivity contribution >= 4 is 13.8 Å². The minimum atomic E-state index is -4.31. The number of phosphoric ester groups is 1. The van der Waals surface area contributed by atoms with E-state index in [9.17, 15) is 14.3 Å². The number of hydrogen-bond donors (Lipinski definition) is 1. The van der Waals surface area contributed by atoms with E-state index in [1.165, 1.54) is 141 Å². The summed E-state index contributed by atoms with van der Waals surface area (Å²) in [4.78, 5) is 23.1. The van der Waals surface area contributed by atoms with Crippen LogP contribution in [-0.2, 0) is 27.9 Å². The fourth-order valence-corrected chi connectivity index (χ4v) is 8.46. The van der Waals surface area contributed by atoms with Crippen molar-refractivity contribution < 1.29 is 37.3 Å². The van der Waals surface area contributed by atoms with Crippen LogP contribution < -0.4 is 0 Å². The first-order chi connectivity index (χ1) is 34.6. The average molecular weight is 1010 g/mol. The number of carbonyl (C=O) groups excluding carboxylic acids is 1. The van der Waals surface area contributed by atoms with Gasteiger partial charge < -0.3 is 18.9 Å². The summed E-state index contributed by atoms with van der Waals surface area (Å²) >= 11 is 0. The van der Waals surface area contributed by atoms with Crippen molar-refractivity contribution in [3.05, 3.63) is 97.2 Å². The molecular formula is C62H111NO7P+. The Labute approximate surface area is 438 Å². The van der Waals surface area contributed by atoms with Crippen molar-refractivity contribution in [2.24, 2.45) is 0 Å². The third-order valence-corrected chi connectivity index (χ3v) is 13.1. The topological polar surface area (TPSA) is 91.3 Å². The summed E-state index contributed by atoms with van der Waals surface area (Å²) in [6.07, 6.45) is 74.9. The molecule has 0 amide bonds. The van der Waals surface area contributed by atoms with Crippen LogP contribution in [0, 0.1) is 0 Å². The second-order valence-corrected chi connectivity index (χ2v) is 21.7. The molecule has 0 saturated carbocycles. The quantitative estimate of drug-likeness (QED) is 0.0213. The van der Waals surface area contributed by atoms with E-state index < -0.39 is 13.9 Å². The van der Waals surface area contributed by atoms with Crippen LogP contribution in [0.25, 0.3) is 0 Å². The third kappa shape index (κ3) is 58.2. The van der Waals surface area contributed by atoms with Gasteiger partial charge in [0.1, 0.15) is 19.3 Å². The maximum atomic E-state index is 12.8. The van der Waals surface area contributed by atoms with Crippen LogP contribution in [0.1, 0.15) is 232 Å². The molecule has 0 aromatic carbocycles. The summed E-state index contributed by atoms with van der Waals surface area (Å²) in [6.45, 7) is 5.44. The van der Waals surface area contributed by atoms with Crippen LogP contribution in [0.2, 0.25) is 0 Å². The van der Waals surface area contributed by atoms with E-state index in [2.05, 4.69) is 111 Å². The largest absolute Gasteiger partial charge is 0.472 e. The molecule has 8 nitrogen and oxygen atoms in total. The SMILES string of the molecule is CC/C=C\C/C=C\C/C=C\C/C=C\C/C=C\C/C=C\C/C=C\CCCC(=O)OC(COCCCCCCCCCCCCCCCC/C=C\CCCCCCCCCC)COP(=O)(O)OCC[N+](C)(C)C. The van der Waals surface area contributed by atoms with E-state index in [1.54, 1.807) is 0 Å². The summed E-state index contributed by atoms with van der Waals surface area (Å²) in [5.74, 6) is -0.371. The first kappa shape index (κ1) is 68.4. The summed E-state index contributed by atoms with van der Waals surface area (Å²) in [5, 5.41) is 0. The monoisotopic (exact) mass is 1010 g/mol. The van der Waals surface area contributed by atoms with Crippen molar-refractivity contribution in [1.29, 1.82) is 0 Å². The lowest BCUT2D eigenvalue weighted by molar-refractivity contribution is -0.870. The van der Waals surface area contributed by atoms with Gasteiger partial charge in [0.25, 0.3) is 0 Å².